The number of benzene rings is 1. The summed E-state index contributed by atoms with van der Waals surface area (Å²) in [5.74, 6) is -1.07. The lowest BCUT2D eigenvalue weighted by molar-refractivity contribution is -0.136. The maximum absolute atomic E-state index is 12.2. The van der Waals surface area contributed by atoms with E-state index in [9.17, 15) is 9.59 Å². The number of anilines is 1. The van der Waals surface area contributed by atoms with Crippen LogP contribution in [-0.2, 0) is 9.59 Å². The summed E-state index contributed by atoms with van der Waals surface area (Å²) in [5, 5.41) is 8.34. The van der Waals surface area contributed by atoms with Crippen molar-refractivity contribution in [2.24, 2.45) is 16.9 Å². The topological polar surface area (TPSA) is 61.8 Å². The molecule has 0 fully saturated rings. The van der Waals surface area contributed by atoms with Gasteiger partial charge in [0, 0.05) is 12.2 Å². The Balaban J connectivity index is 2.08. The van der Waals surface area contributed by atoms with Crippen LogP contribution in [0.3, 0.4) is 0 Å². The summed E-state index contributed by atoms with van der Waals surface area (Å²) in [5.41, 5.74) is 1.23. The third-order valence-corrected chi connectivity index (χ3v) is 3.04. The van der Waals surface area contributed by atoms with Crippen molar-refractivity contribution in [1.82, 2.24) is 5.01 Å². The minimum Gasteiger partial charge on any atom is -0.325 e. The normalized spacial score (nSPS) is 18.4. The summed E-state index contributed by atoms with van der Waals surface area (Å²) in [6, 6.07) is 9.11. The lowest BCUT2D eigenvalue weighted by atomic mass is 10.0. The van der Waals surface area contributed by atoms with Gasteiger partial charge in [0.2, 0.25) is 5.91 Å². The zero-order valence-corrected chi connectivity index (χ0v) is 12.0. The number of amides is 2. The minimum atomic E-state index is -0.811. The Labute approximate surface area is 118 Å². The van der Waals surface area contributed by atoms with Crippen LogP contribution in [0.25, 0.3) is 0 Å². The summed E-state index contributed by atoms with van der Waals surface area (Å²) >= 11 is 0. The Kier molecular flexibility index (Phi) is 4.17. The average molecular weight is 273 g/mol. The maximum atomic E-state index is 12.2. The molecule has 1 aromatic carbocycles. The predicted octanol–water partition coefficient (Wildman–Crippen LogP) is 2.12. The molecule has 1 atom stereocenters. The van der Waals surface area contributed by atoms with E-state index in [1.807, 2.05) is 32.0 Å². The Morgan fingerprint density at radius 2 is 2.00 bits per heavy atom. The van der Waals surface area contributed by atoms with Gasteiger partial charge in [-0.05, 0) is 25.0 Å². The van der Waals surface area contributed by atoms with E-state index in [0.29, 0.717) is 23.9 Å². The molecule has 1 aliphatic rings. The van der Waals surface area contributed by atoms with E-state index in [0.717, 1.165) is 0 Å². The van der Waals surface area contributed by atoms with E-state index in [4.69, 9.17) is 0 Å². The van der Waals surface area contributed by atoms with E-state index in [2.05, 4.69) is 10.4 Å². The maximum Gasteiger partial charge on any atom is 0.261 e. The number of carbonyl (C=O) groups excluding carboxylic acids is 2. The highest BCUT2D eigenvalue weighted by Gasteiger charge is 2.39. The standard InChI is InChI=1S/C15H19N3O2/c1-10(2)9-18-15(20)13(11(3)17-18)14(19)16-12-7-5-4-6-8-12/h4-8,10,13H,9H2,1-3H3,(H,16,19)/t13-/m0/s1. The van der Waals surface area contributed by atoms with Crippen LogP contribution >= 0.6 is 0 Å². The number of nitrogens with zero attached hydrogens (tertiary/aromatic N) is 2. The fourth-order valence-corrected chi connectivity index (χ4v) is 2.14. The van der Waals surface area contributed by atoms with E-state index in [1.54, 1.807) is 19.1 Å². The van der Waals surface area contributed by atoms with Gasteiger partial charge in [-0.25, -0.2) is 5.01 Å². The molecule has 106 valence electrons. The quantitative estimate of drug-likeness (QED) is 0.854. The molecule has 5 nitrogen and oxygen atoms in total. The van der Waals surface area contributed by atoms with Crippen LogP contribution in [0.5, 0.6) is 0 Å². The second-order valence-electron chi connectivity index (χ2n) is 5.34. The van der Waals surface area contributed by atoms with Crippen molar-refractivity contribution in [3.63, 3.8) is 0 Å². The lowest BCUT2D eigenvalue weighted by Gasteiger charge is -2.16. The third kappa shape index (κ3) is 3.04. The zero-order chi connectivity index (χ0) is 14.7. The molecule has 1 heterocycles. The average Bonchev–Trinajstić information content (AvgIpc) is 2.64. The molecule has 0 saturated heterocycles. The summed E-state index contributed by atoms with van der Waals surface area (Å²) < 4.78 is 0. The fourth-order valence-electron chi connectivity index (χ4n) is 2.14. The first-order chi connectivity index (χ1) is 9.49. The molecule has 2 amide bonds. The first-order valence-corrected chi connectivity index (χ1v) is 6.71. The molecule has 0 saturated carbocycles. The molecular formula is C15H19N3O2. The van der Waals surface area contributed by atoms with Crippen molar-refractivity contribution < 1.29 is 9.59 Å². The molecule has 0 spiro atoms. The summed E-state index contributed by atoms with van der Waals surface area (Å²) in [7, 11) is 0. The number of carbonyl (C=O) groups is 2. The summed E-state index contributed by atoms with van der Waals surface area (Å²) in [6.45, 7) is 6.27. The van der Waals surface area contributed by atoms with Crippen LogP contribution in [0, 0.1) is 11.8 Å². The van der Waals surface area contributed by atoms with E-state index < -0.39 is 5.92 Å². The highest BCUT2D eigenvalue weighted by molar-refractivity contribution is 6.24. The SMILES string of the molecule is CC1=NN(CC(C)C)C(=O)[C@@H]1C(=O)Nc1ccccc1. The van der Waals surface area contributed by atoms with Crippen LogP contribution in [0.2, 0.25) is 0 Å². The van der Waals surface area contributed by atoms with Gasteiger partial charge in [-0.3, -0.25) is 9.59 Å². The monoisotopic (exact) mass is 273 g/mol. The Morgan fingerprint density at radius 3 is 2.60 bits per heavy atom. The van der Waals surface area contributed by atoms with Gasteiger partial charge in [-0.15, -0.1) is 0 Å². The van der Waals surface area contributed by atoms with Gasteiger partial charge in [-0.2, -0.15) is 5.10 Å². The van der Waals surface area contributed by atoms with Crippen LogP contribution in [0.15, 0.2) is 35.4 Å². The first kappa shape index (κ1) is 14.2. The van der Waals surface area contributed by atoms with Crippen molar-refractivity contribution in [3.05, 3.63) is 30.3 Å². The summed E-state index contributed by atoms with van der Waals surface area (Å²) in [4.78, 5) is 24.5. The second-order valence-corrected chi connectivity index (χ2v) is 5.34. The van der Waals surface area contributed by atoms with E-state index in [1.165, 1.54) is 5.01 Å². The second kappa shape index (κ2) is 5.86. The van der Waals surface area contributed by atoms with Crippen molar-refractivity contribution in [2.45, 2.75) is 20.8 Å². The Morgan fingerprint density at radius 1 is 1.35 bits per heavy atom. The van der Waals surface area contributed by atoms with Crippen molar-refractivity contribution in [3.8, 4) is 0 Å². The molecule has 0 aromatic heterocycles. The van der Waals surface area contributed by atoms with Crippen LogP contribution in [0.4, 0.5) is 5.69 Å². The molecule has 0 unspecified atom stereocenters. The molecule has 2 rings (SSSR count). The van der Waals surface area contributed by atoms with Gasteiger partial charge >= 0.3 is 0 Å². The van der Waals surface area contributed by atoms with Gasteiger partial charge in [0.05, 0.1) is 5.71 Å². The third-order valence-electron chi connectivity index (χ3n) is 3.04. The first-order valence-electron chi connectivity index (χ1n) is 6.71. The Bertz CT molecular complexity index is 537. The number of para-hydroxylation sites is 1. The lowest BCUT2D eigenvalue weighted by Crippen LogP contribution is -2.37. The molecule has 1 N–H and O–H groups in total. The van der Waals surface area contributed by atoms with Crippen molar-refractivity contribution in [1.29, 1.82) is 0 Å². The van der Waals surface area contributed by atoms with Crippen LogP contribution in [0.1, 0.15) is 20.8 Å². The van der Waals surface area contributed by atoms with Gasteiger partial charge in [-0.1, -0.05) is 32.0 Å². The highest BCUT2D eigenvalue weighted by Crippen LogP contribution is 2.19. The molecule has 20 heavy (non-hydrogen) atoms. The zero-order valence-electron chi connectivity index (χ0n) is 12.0. The number of hydrazone groups is 1. The molecule has 0 aliphatic carbocycles. The van der Waals surface area contributed by atoms with Crippen molar-refractivity contribution >= 4 is 23.2 Å². The molecule has 1 aliphatic heterocycles. The summed E-state index contributed by atoms with van der Waals surface area (Å²) in [6.07, 6.45) is 0. The Hall–Kier alpha value is -2.17. The van der Waals surface area contributed by atoms with Crippen molar-refractivity contribution in [2.75, 3.05) is 11.9 Å². The molecule has 5 heteroatoms. The minimum absolute atomic E-state index is 0.246. The number of hydrogen-bond donors (Lipinski definition) is 1. The number of hydrogen-bond acceptors (Lipinski definition) is 3. The number of rotatable bonds is 4. The fraction of sp³-hybridized carbons (Fsp3) is 0.400. The van der Waals surface area contributed by atoms with Gasteiger partial charge in [0.1, 0.15) is 0 Å². The predicted molar refractivity (Wildman–Crippen MR) is 78.2 cm³/mol. The van der Waals surface area contributed by atoms with Gasteiger partial charge in [0.15, 0.2) is 5.92 Å². The number of nitrogens with one attached hydrogen (secondary N) is 1. The highest BCUT2D eigenvalue weighted by atomic mass is 16.2. The molecule has 0 radical (unpaired) electrons. The molecule has 0 bridgehead atoms. The van der Waals surface area contributed by atoms with E-state index in [-0.39, 0.29) is 11.8 Å². The van der Waals surface area contributed by atoms with Crippen LogP contribution in [-0.4, -0.2) is 29.1 Å². The smallest absolute Gasteiger partial charge is 0.261 e. The largest absolute Gasteiger partial charge is 0.325 e. The van der Waals surface area contributed by atoms with Gasteiger partial charge < -0.3 is 5.32 Å². The molecule has 1 aromatic rings. The molecular weight excluding hydrogens is 254 g/mol. The van der Waals surface area contributed by atoms with E-state index >= 15 is 0 Å². The van der Waals surface area contributed by atoms with Crippen LogP contribution < -0.4 is 5.32 Å². The van der Waals surface area contributed by atoms with Gasteiger partial charge in [0.25, 0.3) is 5.91 Å².